The van der Waals surface area contributed by atoms with Crippen LogP contribution in [0, 0.1) is 13.8 Å². The molecule has 4 heteroatoms. The van der Waals surface area contributed by atoms with Crippen LogP contribution >= 0.6 is 0 Å². The quantitative estimate of drug-likeness (QED) is 0.886. The van der Waals surface area contributed by atoms with E-state index in [0.29, 0.717) is 0 Å². The van der Waals surface area contributed by atoms with Crippen molar-refractivity contribution >= 4 is 0 Å². The molecular weight excluding hydrogens is 262 g/mol. The smallest absolute Gasteiger partial charge is 0.133 e. The standard InChI is InChI=1S/C17H25N3O/c1-5-16(18)17(14-8-6-7-12(2)9-14)20(4)11-15-10-13(3)21-19-15/h6-10,16-17H,5,11,18H2,1-4H3. The highest BCUT2D eigenvalue weighted by Gasteiger charge is 2.24. The van der Waals surface area contributed by atoms with Crippen molar-refractivity contribution in [3.8, 4) is 0 Å². The molecule has 114 valence electrons. The van der Waals surface area contributed by atoms with E-state index in [0.717, 1.165) is 24.4 Å². The van der Waals surface area contributed by atoms with Gasteiger partial charge in [-0.15, -0.1) is 0 Å². The molecule has 0 bridgehead atoms. The molecular formula is C17H25N3O. The van der Waals surface area contributed by atoms with Crippen LogP contribution in [0.25, 0.3) is 0 Å². The summed E-state index contributed by atoms with van der Waals surface area (Å²) < 4.78 is 5.15. The molecule has 0 radical (unpaired) electrons. The first-order valence-corrected chi connectivity index (χ1v) is 7.45. The summed E-state index contributed by atoms with van der Waals surface area (Å²) in [7, 11) is 2.09. The largest absolute Gasteiger partial charge is 0.361 e. The Kier molecular flexibility index (Phi) is 5.15. The summed E-state index contributed by atoms with van der Waals surface area (Å²) in [6, 6.07) is 10.8. The van der Waals surface area contributed by atoms with Gasteiger partial charge < -0.3 is 10.3 Å². The van der Waals surface area contributed by atoms with E-state index >= 15 is 0 Å². The molecule has 0 saturated carbocycles. The van der Waals surface area contributed by atoms with E-state index in [1.807, 2.05) is 13.0 Å². The first-order valence-electron chi connectivity index (χ1n) is 7.45. The fourth-order valence-corrected chi connectivity index (χ4v) is 2.75. The second kappa shape index (κ2) is 6.87. The van der Waals surface area contributed by atoms with Crippen molar-refractivity contribution < 1.29 is 4.52 Å². The van der Waals surface area contributed by atoms with Crippen LogP contribution in [-0.2, 0) is 6.54 Å². The van der Waals surface area contributed by atoms with Crippen molar-refractivity contribution in [2.75, 3.05) is 7.05 Å². The lowest BCUT2D eigenvalue weighted by Gasteiger charge is -2.32. The molecule has 0 saturated heterocycles. The number of hydrogen-bond acceptors (Lipinski definition) is 4. The minimum absolute atomic E-state index is 0.0878. The second-order valence-electron chi connectivity index (χ2n) is 5.78. The summed E-state index contributed by atoms with van der Waals surface area (Å²) in [6.45, 7) is 6.87. The molecule has 1 aromatic carbocycles. The summed E-state index contributed by atoms with van der Waals surface area (Å²) in [6.07, 6.45) is 0.931. The summed E-state index contributed by atoms with van der Waals surface area (Å²) in [5.41, 5.74) is 9.83. The van der Waals surface area contributed by atoms with E-state index in [1.165, 1.54) is 11.1 Å². The van der Waals surface area contributed by atoms with Crippen molar-refractivity contribution in [3.63, 3.8) is 0 Å². The zero-order valence-electron chi connectivity index (χ0n) is 13.3. The van der Waals surface area contributed by atoms with Gasteiger partial charge >= 0.3 is 0 Å². The average molecular weight is 287 g/mol. The molecule has 2 N–H and O–H groups in total. The lowest BCUT2D eigenvalue weighted by atomic mass is 9.95. The number of hydrogen-bond donors (Lipinski definition) is 1. The van der Waals surface area contributed by atoms with Crippen LogP contribution in [0.1, 0.15) is 42.0 Å². The molecule has 2 rings (SSSR count). The number of nitrogens with two attached hydrogens (primary N) is 1. The van der Waals surface area contributed by atoms with Crippen molar-refractivity contribution in [3.05, 3.63) is 52.9 Å². The molecule has 0 spiro atoms. The topological polar surface area (TPSA) is 55.3 Å². The summed E-state index contributed by atoms with van der Waals surface area (Å²) in [5.74, 6) is 0.838. The van der Waals surface area contributed by atoms with Crippen LogP contribution in [-0.4, -0.2) is 23.1 Å². The van der Waals surface area contributed by atoms with Gasteiger partial charge in [-0.2, -0.15) is 0 Å². The number of aryl methyl sites for hydroxylation is 2. The van der Waals surface area contributed by atoms with Gasteiger partial charge in [0, 0.05) is 24.7 Å². The summed E-state index contributed by atoms with van der Waals surface area (Å²) >= 11 is 0. The van der Waals surface area contributed by atoms with E-state index < -0.39 is 0 Å². The fraction of sp³-hybridized carbons (Fsp3) is 0.471. The lowest BCUT2D eigenvalue weighted by Crippen LogP contribution is -2.38. The van der Waals surface area contributed by atoms with Gasteiger partial charge in [0.15, 0.2) is 0 Å². The van der Waals surface area contributed by atoms with Gasteiger partial charge in [-0.1, -0.05) is 41.9 Å². The van der Waals surface area contributed by atoms with Gasteiger partial charge in [-0.3, -0.25) is 4.90 Å². The monoisotopic (exact) mass is 287 g/mol. The van der Waals surface area contributed by atoms with E-state index in [1.54, 1.807) is 0 Å². The Morgan fingerprint density at radius 1 is 1.29 bits per heavy atom. The predicted octanol–water partition coefficient (Wildman–Crippen LogP) is 3.20. The number of aromatic nitrogens is 1. The van der Waals surface area contributed by atoms with Gasteiger partial charge in [0.25, 0.3) is 0 Å². The maximum atomic E-state index is 6.37. The molecule has 0 aliphatic rings. The number of rotatable bonds is 6. The fourth-order valence-electron chi connectivity index (χ4n) is 2.75. The van der Waals surface area contributed by atoms with Crippen molar-refractivity contribution in [2.24, 2.45) is 5.73 Å². The number of benzene rings is 1. The molecule has 2 aromatic rings. The van der Waals surface area contributed by atoms with Gasteiger partial charge in [0.05, 0.1) is 5.69 Å². The Balaban J connectivity index is 2.23. The molecule has 4 nitrogen and oxygen atoms in total. The predicted molar refractivity (Wildman–Crippen MR) is 84.9 cm³/mol. The van der Waals surface area contributed by atoms with Crippen LogP contribution < -0.4 is 5.73 Å². The van der Waals surface area contributed by atoms with Crippen LogP contribution in [0.4, 0.5) is 0 Å². The van der Waals surface area contributed by atoms with Gasteiger partial charge in [0.2, 0.25) is 0 Å². The number of nitrogens with zero attached hydrogens (tertiary/aromatic N) is 2. The van der Waals surface area contributed by atoms with Crippen LogP contribution in [0.15, 0.2) is 34.9 Å². The first kappa shape index (κ1) is 15.7. The van der Waals surface area contributed by atoms with Gasteiger partial charge in [0.1, 0.15) is 5.76 Å². The van der Waals surface area contributed by atoms with Crippen molar-refractivity contribution in [2.45, 2.75) is 45.8 Å². The minimum atomic E-state index is 0.0878. The highest BCUT2D eigenvalue weighted by atomic mass is 16.5. The average Bonchev–Trinajstić information content (AvgIpc) is 2.84. The maximum absolute atomic E-state index is 6.37. The normalized spacial score (nSPS) is 14.4. The number of likely N-dealkylation sites (N-methyl/N-ethyl adjacent to an activating group) is 1. The molecule has 1 aromatic heterocycles. The van der Waals surface area contributed by atoms with E-state index in [4.69, 9.17) is 10.3 Å². The Morgan fingerprint density at radius 2 is 2.05 bits per heavy atom. The Hall–Kier alpha value is -1.65. The molecule has 1 heterocycles. The molecule has 2 unspecified atom stereocenters. The molecule has 0 fully saturated rings. The Morgan fingerprint density at radius 3 is 2.62 bits per heavy atom. The van der Waals surface area contributed by atoms with Crippen LogP contribution in [0.2, 0.25) is 0 Å². The first-order chi connectivity index (χ1) is 10.0. The van der Waals surface area contributed by atoms with E-state index in [2.05, 4.69) is 55.2 Å². The van der Waals surface area contributed by atoms with Crippen LogP contribution in [0.3, 0.4) is 0 Å². The maximum Gasteiger partial charge on any atom is 0.133 e. The summed E-state index contributed by atoms with van der Waals surface area (Å²) in [5, 5.41) is 4.08. The third-order valence-electron chi connectivity index (χ3n) is 3.82. The molecule has 2 atom stereocenters. The SMILES string of the molecule is CCC(N)C(c1cccc(C)c1)N(C)Cc1cc(C)on1. The highest BCUT2D eigenvalue weighted by molar-refractivity contribution is 5.26. The van der Waals surface area contributed by atoms with Gasteiger partial charge in [-0.25, -0.2) is 0 Å². The molecule has 0 amide bonds. The Bertz CT molecular complexity index is 579. The minimum Gasteiger partial charge on any atom is -0.361 e. The third-order valence-corrected chi connectivity index (χ3v) is 3.82. The Labute approximate surface area is 126 Å². The molecule has 0 aliphatic carbocycles. The van der Waals surface area contributed by atoms with Crippen LogP contribution in [0.5, 0.6) is 0 Å². The van der Waals surface area contributed by atoms with Crippen molar-refractivity contribution in [1.82, 2.24) is 10.1 Å². The third kappa shape index (κ3) is 3.93. The van der Waals surface area contributed by atoms with Crippen molar-refractivity contribution in [1.29, 1.82) is 0 Å². The highest BCUT2D eigenvalue weighted by Crippen LogP contribution is 2.26. The molecule has 21 heavy (non-hydrogen) atoms. The van der Waals surface area contributed by atoms with Gasteiger partial charge in [-0.05, 0) is 32.9 Å². The zero-order valence-corrected chi connectivity index (χ0v) is 13.3. The second-order valence-corrected chi connectivity index (χ2v) is 5.78. The van der Waals surface area contributed by atoms with E-state index in [9.17, 15) is 0 Å². The lowest BCUT2D eigenvalue weighted by molar-refractivity contribution is 0.196. The molecule has 0 aliphatic heterocycles. The van der Waals surface area contributed by atoms with E-state index in [-0.39, 0.29) is 12.1 Å². The zero-order chi connectivity index (χ0) is 15.4. The summed E-state index contributed by atoms with van der Waals surface area (Å²) in [4.78, 5) is 2.25.